The highest BCUT2D eigenvalue weighted by molar-refractivity contribution is 5.85. The van der Waals surface area contributed by atoms with Crippen LogP contribution in [0.5, 0.6) is 0 Å². The summed E-state index contributed by atoms with van der Waals surface area (Å²) in [5.74, 6) is -2.85. The first-order valence-corrected chi connectivity index (χ1v) is 2.88. The molecule has 0 amide bonds. The molecule has 0 bridgehead atoms. The van der Waals surface area contributed by atoms with Crippen molar-refractivity contribution in [2.24, 2.45) is 0 Å². The molecular weight excluding hydrogens is 150 g/mol. The fourth-order valence-electron chi connectivity index (χ4n) is 0.464. The third-order valence-corrected chi connectivity index (χ3v) is 1.11. The van der Waals surface area contributed by atoms with Crippen LogP contribution < -0.4 is 15.9 Å². The Labute approximate surface area is 63.1 Å². The number of carboxylic acids is 2. The first kappa shape index (κ1) is 9.64. The van der Waals surface area contributed by atoms with Crippen LogP contribution in [0.3, 0.4) is 0 Å². The molecule has 0 heterocycles. The average molecular weight is 158 g/mol. The van der Waals surface area contributed by atoms with E-state index in [0.29, 0.717) is 0 Å². The van der Waals surface area contributed by atoms with Gasteiger partial charge in [-0.25, -0.2) is 0 Å². The maximum absolute atomic E-state index is 10.0. The standard InChI is InChI=1S/C6H9NO4/c1-3(5(8)9)2-4(7)6(10)11/h4H,1-2,7H2,(H,8,9)(H,10,11)/p-1/t4-/m1/s1. The lowest BCUT2D eigenvalue weighted by Gasteiger charge is -2.11. The number of carbonyl (C=O) groups is 2. The minimum absolute atomic E-state index is 0.245. The van der Waals surface area contributed by atoms with E-state index in [-0.39, 0.29) is 12.0 Å². The molecule has 11 heavy (non-hydrogen) atoms. The third kappa shape index (κ3) is 3.36. The Bertz CT molecular complexity index is 199. The largest absolute Gasteiger partial charge is 0.545 e. The van der Waals surface area contributed by atoms with Crippen LogP contribution in [0.15, 0.2) is 12.2 Å². The maximum Gasteiger partial charge on any atom is 0.129 e. The zero-order chi connectivity index (χ0) is 9.02. The van der Waals surface area contributed by atoms with Crippen LogP contribution in [0, 0.1) is 0 Å². The molecule has 3 N–H and O–H groups in total. The molecule has 0 aromatic heterocycles. The molecule has 0 unspecified atom stereocenters. The molecule has 0 aliphatic rings. The van der Waals surface area contributed by atoms with Crippen molar-refractivity contribution in [3.8, 4) is 0 Å². The Morgan fingerprint density at radius 1 is 1.45 bits per heavy atom. The first-order valence-electron chi connectivity index (χ1n) is 2.88. The zero-order valence-corrected chi connectivity index (χ0v) is 5.83. The summed E-state index contributed by atoms with van der Waals surface area (Å²) in [4.78, 5) is 20.0. The lowest BCUT2D eigenvalue weighted by atomic mass is 10.1. The van der Waals surface area contributed by atoms with E-state index >= 15 is 0 Å². The van der Waals surface area contributed by atoms with Crippen LogP contribution in [0.25, 0.3) is 0 Å². The van der Waals surface area contributed by atoms with Gasteiger partial charge >= 0.3 is 0 Å². The highest BCUT2D eigenvalue weighted by atomic mass is 16.4. The molecule has 1 atom stereocenters. The van der Waals surface area contributed by atoms with Gasteiger partial charge in [0.2, 0.25) is 0 Å². The van der Waals surface area contributed by atoms with E-state index in [1.54, 1.807) is 0 Å². The third-order valence-electron chi connectivity index (χ3n) is 1.11. The van der Waals surface area contributed by atoms with Gasteiger partial charge in [0, 0.05) is 6.42 Å². The molecule has 5 nitrogen and oxygen atoms in total. The molecule has 0 saturated heterocycles. The molecule has 0 aliphatic heterocycles. The molecular formula is C6H8NO4-. The Hall–Kier alpha value is -1.36. The van der Waals surface area contributed by atoms with E-state index in [4.69, 9.17) is 0 Å². The fourth-order valence-corrected chi connectivity index (χ4v) is 0.464. The van der Waals surface area contributed by atoms with Crippen molar-refractivity contribution < 1.29 is 25.5 Å². The Kier molecular flexibility index (Phi) is 3.26. The molecule has 62 valence electrons. The smallest absolute Gasteiger partial charge is 0.129 e. The maximum atomic E-state index is 10.0. The minimum atomic E-state index is -1.46. The average Bonchev–Trinajstić information content (AvgIpc) is 1.87. The second-order valence-electron chi connectivity index (χ2n) is 2.11. The number of hydrogen-bond donors (Lipinski definition) is 1. The summed E-state index contributed by atoms with van der Waals surface area (Å²) in [6, 6.07) is -1.08. The van der Waals surface area contributed by atoms with Gasteiger partial charge in [0.25, 0.3) is 0 Å². The SMILES string of the molecule is C=C(C[C@@H]([NH3+])C(=O)[O-])C(=O)[O-]. The van der Waals surface area contributed by atoms with E-state index < -0.39 is 18.0 Å². The topological polar surface area (TPSA) is 108 Å². The highest BCUT2D eigenvalue weighted by Gasteiger charge is 2.09. The monoisotopic (exact) mass is 158 g/mol. The van der Waals surface area contributed by atoms with E-state index in [1.165, 1.54) is 0 Å². The minimum Gasteiger partial charge on any atom is -0.545 e. The van der Waals surface area contributed by atoms with E-state index in [2.05, 4.69) is 12.3 Å². The van der Waals surface area contributed by atoms with Gasteiger partial charge in [-0.3, -0.25) is 0 Å². The predicted octanol–water partition coefficient (Wildman–Crippen LogP) is -3.96. The Morgan fingerprint density at radius 3 is 2.18 bits per heavy atom. The molecule has 0 aromatic carbocycles. The second kappa shape index (κ2) is 3.72. The summed E-state index contributed by atoms with van der Waals surface area (Å²) in [5.41, 5.74) is 2.86. The lowest BCUT2D eigenvalue weighted by Crippen LogP contribution is -2.68. The van der Waals surface area contributed by atoms with Crippen molar-refractivity contribution in [3.63, 3.8) is 0 Å². The molecule has 0 rings (SSSR count). The summed E-state index contributed by atoms with van der Waals surface area (Å²) in [7, 11) is 0. The van der Waals surface area contributed by atoms with Crippen LogP contribution in [0.1, 0.15) is 6.42 Å². The molecule has 0 radical (unpaired) electrons. The van der Waals surface area contributed by atoms with Gasteiger partial charge in [-0.05, 0) is 5.57 Å². The summed E-state index contributed by atoms with van der Waals surface area (Å²) in [6.07, 6.45) is -0.245. The van der Waals surface area contributed by atoms with Crippen LogP contribution in [0.4, 0.5) is 0 Å². The molecule has 5 heteroatoms. The number of rotatable bonds is 4. The number of carboxylic acid groups (broad SMARTS) is 2. The quantitative estimate of drug-likeness (QED) is 0.421. The summed E-state index contributed by atoms with van der Waals surface area (Å²) >= 11 is 0. The molecule has 0 aliphatic carbocycles. The van der Waals surface area contributed by atoms with Gasteiger partial charge in [0.05, 0.1) is 11.9 Å². The first-order chi connectivity index (χ1) is 4.95. The number of hydrogen-bond acceptors (Lipinski definition) is 4. The zero-order valence-electron chi connectivity index (χ0n) is 5.83. The van der Waals surface area contributed by atoms with Crippen molar-refractivity contribution >= 4 is 11.9 Å². The van der Waals surface area contributed by atoms with E-state index in [1.807, 2.05) is 0 Å². The number of quaternary nitrogens is 1. The van der Waals surface area contributed by atoms with Crippen molar-refractivity contribution in [3.05, 3.63) is 12.2 Å². The fraction of sp³-hybridized carbons (Fsp3) is 0.333. The normalized spacial score (nSPS) is 12.1. The lowest BCUT2D eigenvalue weighted by molar-refractivity contribution is -0.437. The Morgan fingerprint density at radius 2 is 1.91 bits per heavy atom. The molecule has 0 spiro atoms. The molecule has 0 saturated carbocycles. The van der Waals surface area contributed by atoms with Crippen molar-refractivity contribution in [1.29, 1.82) is 0 Å². The molecule has 0 aromatic rings. The van der Waals surface area contributed by atoms with E-state index in [9.17, 15) is 19.8 Å². The summed E-state index contributed by atoms with van der Waals surface area (Å²) < 4.78 is 0. The van der Waals surface area contributed by atoms with Crippen molar-refractivity contribution in [1.82, 2.24) is 0 Å². The summed E-state index contributed by atoms with van der Waals surface area (Å²) in [6.45, 7) is 3.08. The van der Waals surface area contributed by atoms with E-state index in [0.717, 1.165) is 0 Å². The van der Waals surface area contributed by atoms with Crippen LogP contribution in [-0.2, 0) is 9.59 Å². The van der Waals surface area contributed by atoms with Crippen LogP contribution in [0.2, 0.25) is 0 Å². The molecule has 0 fully saturated rings. The van der Waals surface area contributed by atoms with Crippen molar-refractivity contribution in [2.75, 3.05) is 0 Å². The van der Waals surface area contributed by atoms with Crippen molar-refractivity contribution in [2.45, 2.75) is 12.5 Å². The van der Waals surface area contributed by atoms with Crippen LogP contribution in [-0.4, -0.2) is 18.0 Å². The van der Waals surface area contributed by atoms with Gasteiger partial charge in [0.15, 0.2) is 0 Å². The van der Waals surface area contributed by atoms with Crippen LogP contribution >= 0.6 is 0 Å². The highest BCUT2D eigenvalue weighted by Crippen LogP contribution is 1.97. The number of aliphatic carboxylic acids is 2. The van der Waals surface area contributed by atoms with Gasteiger partial charge in [-0.15, -0.1) is 0 Å². The predicted molar refractivity (Wildman–Crippen MR) is 30.4 cm³/mol. The van der Waals surface area contributed by atoms with Gasteiger partial charge in [-0.2, -0.15) is 0 Å². The second-order valence-corrected chi connectivity index (χ2v) is 2.11. The summed E-state index contributed by atoms with van der Waals surface area (Å²) in [5, 5.41) is 20.0. The van der Waals surface area contributed by atoms with Gasteiger partial charge in [-0.1, -0.05) is 6.58 Å². The Balaban J connectivity index is 3.95. The van der Waals surface area contributed by atoms with Gasteiger partial charge < -0.3 is 25.5 Å². The van der Waals surface area contributed by atoms with Gasteiger partial charge in [0.1, 0.15) is 6.04 Å². The number of carbonyl (C=O) groups excluding carboxylic acids is 2.